The summed E-state index contributed by atoms with van der Waals surface area (Å²) >= 11 is 0. The minimum Gasteiger partial charge on any atom is -0.297 e. The minimum absolute atomic E-state index is 0.0257. The Kier molecular flexibility index (Phi) is 1.76. The molecule has 0 saturated heterocycles. The van der Waals surface area contributed by atoms with E-state index in [1.54, 1.807) is 6.07 Å². The summed E-state index contributed by atoms with van der Waals surface area (Å²) in [5.74, 6) is 0. The Morgan fingerprint density at radius 2 is 2.06 bits per heavy atom. The average molecular weight is 230 g/mol. The Morgan fingerprint density at radius 1 is 1.24 bits per heavy atom. The van der Waals surface area contributed by atoms with E-state index in [9.17, 15) is 14.9 Å². The highest BCUT2D eigenvalue weighted by atomic mass is 16.6. The number of nitrogens with one attached hydrogen (secondary N) is 2. The van der Waals surface area contributed by atoms with Gasteiger partial charge in [-0.15, -0.1) is 0 Å². The Bertz CT molecular complexity index is 802. The Hall–Kier alpha value is -2.70. The Balaban J connectivity index is 2.45. The number of rotatable bonds is 1. The normalized spacial score (nSPS) is 11.1. The number of hydrogen-bond donors (Lipinski definition) is 2. The highest BCUT2D eigenvalue weighted by molar-refractivity contribution is 6.03. The Labute approximate surface area is 93.2 Å². The number of hydrogen-bond acceptors (Lipinski definition) is 4. The molecule has 0 aliphatic heterocycles. The second-order valence-corrected chi connectivity index (χ2v) is 3.58. The maximum Gasteiger partial charge on any atom is 0.273 e. The summed E-state index contributed by atoms with van der Waals surface area (Å²) in [6, 6.07) is 4.33. The molecule has 0 amide bonds. The van der Waals surface area contributed by atoms with Gasteiger partial charge in [0.25, 0.3) is 11.2 Å². The van der Waals surface area contributed by atoms with E-state index in [4.69, 9.17) is 0 Å². The summed E-state index contributed by atoms with van der Waals surface area (Å²) < 4.78 is 0. The van der Waals surface area contributed by atoms with Crippen LogP contribution >= 0.6 is 0 Å². The molecule has 0 aliphatic rings. The van der Waals surface area contributed by atoms with Gasteiger partial charge >= 0.3 is 0 Å². The van der Waals surface area contributed by atoms with E-state index in [2.05, 4.69) is 15.2 Å². The van der Waals surface area contributed by atoms with E-state index < -0.39 is 4.92 Å². The number of aromatic amines is 2. The first-order valence-corrected chi connectivity index (χ1v) is 4.80. The van der Waals surface area contributed by atoms with Crippen LogP contribution in [-0.4, -0.2) is 20.1 Å². The van der Waals surface area contributed by atoms with E-state index in [-0.39, 0.29) is 11.2 Å². The molecule has 1 aromatic carbocycles. The van der Waals surface area contributed by atoms with Gasteiger partial charge in [0, 0.05) is 23.7 Å². The van der Waals surface area contributed by atoms with Gasteiger partial charge in [0.05, 0.1) is 21.3 Å². The molecule has 2 aromatic heterocycles. The molecule has 7 nitrogen and oxygen atoms in total. The van der Waals surface area contributed by atoms with Crippen molar-refractivity contribution in [2.75, 3.05) is 0 Å². The second-order valence-electron chi connectivity index (χ2n) is 3.58. The number of nitro groups is 1. The van der Waals surface area contributed by atoms with Crippen LogP contribution in [0.15, 0.2) is 29.2 Å². The highest BCUT2D eigenvalue weighted by Gasteiger charge is 2.10. The Morgan fingerprint density at radius 3 is 2.82 bits per heavy atom. The van der Waals surface area contributed by atoms with Crippen molar-refractivity contribution in [3.05, 3.63) is 44.9 Å². The second kappa shape index (κ2) is 3.14. The molecule has 0 atom stereocenters. The monoisotopic (exact) mass is 230 g/mol. The maximum absolute atomic E-state index is 11.4. The SMILES string of the molecule is O=c1[nH][nH]c2c1cnc1cc([N+](=O)[O-])ccc12. The lowest BCUT2D eigenvalue weighted by atomic mass is 10.1. The smallest absolute Gasteiger partial charge is 0.273 e. The molecule has 0 fully saturated rings. The fourth-order valence-corrected chi connectivity index (χ4v) is 1.79. The number of H-pyrrole nitrogens is 2. The van der Waals surface area contributed by atoms with Crippen molar-refractivity contribution in [3.63, 3.8) is 0 Å². The number of nitro benzene ring substituents is 1. The van der Waals surface area contributed by atoms with Crippen LogP contribution in [-0.2, 0) is 0 Å². The van der Waals surface area contributed by atoms with Crippen molar-refractivity contribution in [2.45, 2.75) is 0 Å². The number of aromatic nitrogens is 3. The zero-order valence-electron chi connectivity index (χ0n) is 8.43. The lowest BCUT2D eigenvalue weighted by Gasteiger charge is -1.97. The predicted octanol–water partition coefficient (Wildman–Crippen LogP) is 1.31. The zero-order chi connectivity index (χ0) is 12.0. The van der Waals surface area contributed by atoms with Gasteiger partial charge < -0.3 is 0 Å². The molecule has 0 saturated carbocycles. The fourth-order valence-electron chi connectivity index (χ4n) is 1.79. The number of nitrogens with zero attached hydrogens (tertiary/aromatic N) is 2. The summed E-state index contributed by atoms with van der Waals surface area (Å²) in [6.07, 6.45) is 1.40. The summed E-state index contributed by atoms with van der Waals surface area (Å²) in [7, 11) is 0. The third-order valence-corrected chi connectivity index (χ3v) is 2.61. The van der Waals surface area contributed by atoms with Crippen LogP contribution in [0.5, 0.6) is 0 Å². The van der Waals surface area contributed by atoms with Crippen LogP contribution < -0.4 is 5.56 Å². The van der Waals surface area contributed by atoms with E-state index in [1.807, 2.05) is 0 Å². The van der Waals surface area contributed by atoms with Gasteiger partial charge in [0.15, 0.2) is 0 Å². The molecule has 2 heterocycles. The molecule has 3 aromatic rings. The lowest BCUT2D eigenvalue weighted by molar-refractivity contribution is -0.384. The van der Waals surface area contributed by atoms with Crippen LogP contribution in [0.25, 0.3) is 21.8 Å². The summed E-state index contributed by atoms with van der Waals surface area (Å²) in [4.78, 5) is 25.5. The molecule has 0 unspecified atom stereocenters. The molecule has 17 heavy (non-hydrogen) atoms. The molecular weight excluding hydrogens is 224 g/mol. The maximum atomic E-state index is 11.4. The molecule has 0 bridgehead atoms. The van der Waals surface area contributed by atoms with Crippen LogP contribution in [0.4, 0.5) is 5.69 Å². The van der Waals surface area contributed by atoms with Crippen LogP contribution in [0.1, 0.15) is 0 Å². The molecule has 0 radical (unpaired) electrons. The van der Waals surface area contributed by atoms with Gasteiger partial charge in [0.1, 0.15) is 0 Å². The third kappa shape index (κ3) is 1.29. The van der Waals surface area contributed by atoms with Crippen molar-refractivity contribution >= 4 is 27.5 Å². The number of pyridine rings is 1. The standard InChI is InChI=1S/C10H6N4O3/c15-10-7-4-11-8-3-5(14(16)17)1-2-6(8)9(7)12-13-10/h1-4H,(H2,12,13,15). The fraction of sp³-hybridized carbons (Fsp3) is 0. The van der Waals surface area contributed by atoms with Gasteiger partial charge in [-0.25, -0.2) is 0 Å². The first kappa shape index (κ1) is 9.52. The molecule has 0 aliphatic carbocycles. The first-order valence-electron chi connectivity index (χ1n) is 4.80. The number of benzene rings is 1. The number of non-ortho nitro benzene ring substituents is 1. The van der Waals surface area contributed by atoms with E-state index in [1.165, 1.54) is 18.3 Å². The summed E-state index contributed by atoms with van der Waals surface area (Å²) in [6.45, 7) is 0. The first-order chi connectivity index (χ1) is 8.16. The third-order valence-electron chi connectivity index (χ3n) is 2.61. The molecule has 84 valence electrons. The molecule has 7 heteroatoms. The molecule has 2 N–H and O–H groups in total. The largest absolute Gasteiger partial charge is 0.297 e. The topological polar surface area (TPSA) is 105 Å². The summed E-state index contributed by atoms with van der Waals surface area (Å²) in [5, 5.41) is 16.9. The highest BCUT2D eigenvalue weighted by Crippen LogP contribution is 2.23. The van der Waals surface area contributed by atoms with E-state index >= 15 is 0 Å². The summed E-state index contributed by atoms with van der Waals surface area (Å²) in [5.41, 5.74) is 0.798. The average Bonchev–Trinajstić information content (AvgIpc) is 2.70. The van der Waals surface area contributed by atoms with Crippen molar-refractivity contribution < 1.29 is 4.92 Å². The zero-order valence-corrected chi connectivity index (χ0v) is 8.43. The van der Waals surface area contributed by atoms with Crippen molar-refractivity contribution in [1.82, 2.24) is 15.2 Å². The minimum atomic E-state index is -0.481. The quantitative estimate of drug-likeness (QED) is 0.485. The van der Waals surface area contributed by atoms with Gasteiger partial charge in [-0.3, -0.25) is 30.1 Å². The van der Waals surface area contributed by atoms with Crippen LogP contribution in [0, 0.1) is 10.1 Å². The molecule has 0 spiro atoms. The van der Waals surface area contributed by atoms with Crippen molar-refractivity contribution in [1.29, 1.82) is 0 Å². The van der Waals surface area contributed by atoms with E-state index in [0.717, 1.165) is 0 Å². The van der Waals surface area contributed by atoms with Gasteiger partial charge in [-0.2, -0.15) is 0 Å². The van der Waals surface area contributed by atoms with Gasteiger partial charge in [0.2, 0.25) is 0 Å². The molecular formula is C10H6N4O3. The lowest BCUT2D eigenvalue weighted by Crippen LogP contribution is -1.97. The van der Waals surface area contributed by atoms with E-state index in [0.29, 0.717) is 21.8 Å². The van der Waals surface area contributed by atoms with Crippen LogP contribution in [0.2, 0.25) is 0 Å². The predicted molar refractivity (Wildman–Crippen MR) is 60.9 cm³/mol. The molecule has 3 rings (SSSR count). The van der Waals surface area contributed by atoms with Gasteiger partial charge in [-0.1, -0.05) is 0 Å². The van der Waals surface area contributed by atoms with Crippen molar-refractivity contribution in [3.8, 4) is 0 Å². The van der Waals surface area contributed by atoms with Crippen LogP contribution in [0.3, 0.4) is 0 Å². The van der Waals surface area contributed by atoms with Crippen molar-refractivity contribution in [2.24, 2.45) is 0 Å². The number of fused-ring (bicyclic) bond motifs is 3. The van der Waals surface area contributed by atoms with Gasteiger partial charge in [-0.05, 0) is 6.07 Å².